The number of ether oxygens (including phenoxy) is 2. The number of aromatic amines is 1. The monoisotopic (exact) mass is 758 g/mol. The number of fused-ring (bicyclic) bond motifs is 1. The first-order valence-corrected chi connectivity index (χ1v) is 17.0. The van der Waals surface area contributed by atoms with Crippen LogP contribution in [0.5, 0.6) is 0 Å². The van der Waals surface area contributed by atoms with E-state index in [-0.39, 0.29) is 23.5 Å². The number of hydrogen-bond acceptors (Lipinski definition) is 16. The van der Waals surface area contributed by atoms with Crippen LogP contribution in [0.2, 0.25) is 0 Å². The van der Waals surface area contributed by atoms with Crippen LogP contribution in [0.3, 0.4) is 0 Å². The molecule has 0 radical (unpaired) electrons. The number of hydrogen-bond donors (Lipinski definition) is 6. The number of phosphoric ester groups is 2. The lowest BCUT2D eigenvalue weighted by atomic mass is 9.99. The molecule has 0 spiro atoms. The molecular weight excluding hydrogens is 731 g/mol. The molecule has 10 atom stereocenters. The van der Waals surface area contributed by atoms with Gasteiger partial charge in [-0.2, -0.15) is 13.2 Å². The number of imidazole rings is 1. The summed E-state index contributed by atoms with van der Waals surface area (Å²) in [4.78, 5) is 60.4. The Hall–Kier alpha value is -3.63. The molecule has 0 aromatic carbocycles. The normalized spacial score (nSPS) is 29.5. The van der Waals surface area contributed by atoms with Gasteiger partial charge in [0.15, 0.2) is 23.9 Å². The van der Waals surface area contributed by atoms with E-state index in [2.05, 4.69) is 24.3 Å². The molecule has 0 saturated carbocycles. The standard InChI is InChI=1S/C23H27F3N8O14P2/c1-28-3-5-43-49(39,40)44-7-11-17(13(23(24,25)26)20(47-11)34-9-31-14-18(27)29-8-30-19(14)34)48-50(41,42)45-6-10-15(36)16(37)21(46-10)33-4-2-12(35)32-22(33)38/h2,4,8-11,13,15-17,20-21,36-37H,3,5-7H2,(H,39,40)(H,41,42)(H2,27,29,30)(H,32,35,38)/t10-,11-,13+,15?,16+,17?,20-,21-/m1/s1. The zero-order valence-electron chi connectivity index (χ0n) is 24.9. The van der Waals surface area contributed by atoms with Crippen molar-refractivity contribution in [1.29, 1.82) is 0 Å². The van der Waals surface area contributed by atoms with Gasteiger partial charge in [0.25, 0.3) is 5.56 Å². The number of nitrogen functional groups attached to an aromatic ring is 1. The SMILES string of the molecule is [C-]#[N+]CCOP(=O)(O)OC[C@H]1O[C@@H](n2cnc3c(N)ncnc32)[C@@H](C(F)(F)F)C1OP(=O)(O)OC[C@H]1O[C@@H](n2ccc(=O)[nH]c2=O)[C@@H](O)C1O. The van der Waals surface area contributed by atoms with Crippen LogP contribution in [-0.4, -0.2) is 112 Å². The van der Waals surface area contributed by atoms with Gasteiger partial charge in [-0.25, -0.2) is 35.4 Å². The average molecular weight is 758 g/mol. The molecule has 3 aromatic rings. The van der Waals surface area contributed by atoms with Crippen molar-refractivity contribution >= 4 is 32.6 Å². The highest BCUT2D eigenvalue weighted by Gasteiger charge is 2.61. The molecule has 5 rings (SSSR count). The molecule has 27 heteroatoms. The molecule has 0 aliphatic carbocycles. The van der Waals surface area contributed by atoms with Crippen molar-refractivity contribution in [3.8, 4) is 0 Å². The Bertz CT molecular complexity index is 1950. The van der Waals surface area contributed by atoms with E-state index < -0.39 is 102 Å². The van der Waals surface area contributed by atoms with E-state index in [0.717, 1.165) is 29.5 Å². The van der Waals surface area contributed by atoms with Gasteiger partial charge in [0.1, 0.15) is 54.9 Å². The Morgan fingerprint density at radius 3 is 2.36 bits per heavy atom. The molecular formula is C23H27F3N8O14P2. The van der Waals surface area contributed by atoms with E-state index in [1.165, 1.54) is 0 Å². The smallest absolute Gasteiger partial charge is 0.387 e. The number of rotatable bonds is 13. The van der Waals surface area contributed by atoms with Gasteiger partial charge >= 0.3 is 27.5 Å². The fourth-order valence-electron chi connectivity index (χ4n) is 5.13. The predicted octanol–water partition coefficient (Wildman–Crippen LogP) is -0.791. The number of alkyl halides is 3. The van der Waals surface area contributed by atoms with Gasteiger partial charge in [-0.1, -0.05) is 0 Å². The summed E-state index contributed by atoms with van der Waals surface area (Å²) in [6.07, 6.45) is -16.3. The lowest BCUT2D eigenvalue weighted by Gasteiger charge is -2.28. The van der Waals surface area contributed by atoms with Crippen LogP contribution in [0.4, 0.5) is 19.0 Å². The summed E-state index contributed by atoms with van der Waals surface area (Å²) in [6, 6.07) is 0.904. The van der Waals surface area contributed by atoms with Gasteiger partial charge in [0.2, 0.25) is 6.54 Å². The molecule has 4 unspecified atom stereocenters. The zero-order valence-corrected chi connectivity index (χ0v) is 26.7. The van der Waals surface area contributed by atoms with Crippen LogP contribution >= 0.6 is 15.6 Å². The molecule has 2 saturated heterocycles. The molecule has 7 N–H and O–H groups in total. The summed E-state index contributed by atoms with van der Waals surface area (Å²) in [5, 5.41) is 20.8. The van der Waals surface area contributed by atoms with Crippen LogP contribution in [-0.2, 0) is 36.7 Å². The minimum atomic E-state index is -5.63. The van der Waals surface area contributed by atoms with Gasteiger partial charge in [0, 0.05) is 12.3 Å². The second-order valence-electron chi connectivity index (χ2n) is 10.6. The minimum Gasteiger partial charge on any atom is -0.387 e. The van der Waals surface area contributed by atoms with E-state index in [1.807, 2.05) is 4.98 Å². The Kier molecular flexibility index (Phi) is 10.9. The van der Waals surface area contributed by atoms with Crippen LogP contribution in [0, 0.1) is 12.5 Å². The van der Waals surface area contributed by atoms with Crippen molar-refractivity contribution in [3.05, 3.63) is 57.2 Å². The number of halogens is 3. The Balaban J connectivity index is 1.39. The number of nitrogens with two attached hydrogens (primary N) is 1. The Morgan fingerprint density at radius 2 is 1.68 bits per heavy atom. The molecule has 2 fully saturated rings. The lowest BCUT2D eigenvalue weighted by molar-refractivity contribution is -0.209. The number of phosphoric acid groups is 2. The Labute approximate surface area is 276 Å². The highest BCUT2D eigenvalue weighted by atomic mass is 31.2. The van der Waals surface area contributed by atoms with Crippen LogP contribution in [0.25, 0.3) is 16.0 Å². The molecule has 2 aliphatic rings. The van der Waals surface area contributed by atoms with Crippen molar-refractivity contribution in [2.45, 2.75) is 49.2 Å². The summed E-state index contributed by atoms with van der Waals surface area (Å²) in [5.74, 6) is -3.05. The van der Waals surface area contributed by atoms with Gasteiger partial charge in [-0.05, 0) is 0 Å². The fourth-order valence-corrected chi connectivity index (χ4v) is 6.82. The number of nitrogens with zero attached hydrogens (tertiary/aromatic N) is 6. The van der Waals surface area contributed by atoms with Crippen molar-refractivity contribution in [3.63, 3.8) is 0 Å². The highest BCUT2D eigenvalue weighted by molar-refractivity contribution is 7.47. The van der Waals surface area contributed by atoms with E-state index in [1.54, 1.807) is 0 Å². The third-order valence-corrected chi connectivity index (χ3v) is 9.33. The van der Waals surface area contributed by atoms with E-state index in [4.69, 9.17) is 35.4 Å². The summed E-state index contributed by atoms with van der Waals surface area (Å²) >= 11 is 0. The van der Waals surface area contributed by atoms with Gasteiger partial charge < -0.3 is 40.1 Å². The molecule has 274 valence electrons. The van der Waals surface area contributed by atoms with Crippen molar-refractivity contribution in [2.75, 3.05) is 32.1 Å². The number of aliphatic hydroxyl groups is 2. The van der Waals surface area contributed by atoms with Crippen molar-refractivity contribution in [2.24, 2.45) is 5.92 Å². The molecule has 0 amide bonds. The molecule has 22 nitrogen and oxygen atoms in total. The number of aliphatic hydroxyl groups excluding tert-OH is 2. The average Bonchev–Trinajstić information content (AvgIpc) is 3.69. The second kappa shape index (κ2) is 14.5. The highest BCUT2D eigenvalue weighted by Crippen LogP contribution is 2.55. The topological polar surface area (TPSA) is 299 Å². The summed E-state index contributed by atoms with van der Waals surface area (Å²) < 4.78 is 101. The maximum Gasteiger partial charge on any atom is 0.472 e. The summed E-state index contributed by atoms with van der Waals surface area (Å²) in [6.45, 7) is 3.48. The fraction of sp³-hybridized carbons (Fsp3) is 0.565. The summed E-state index contributed by atoms with van der Waals surface area (Å²) in [5.41, 5.74) is 3.53. The van der Waals surface area contributed by atoms with Crippen LogP contribution in [0.15, 0.2) is 34.5 Å². The maximum atomic E-state index is 14.8. The zero-order chi connectivity index (χ0) is 36.6. The van der Waals surface area contributed by atoms with Crippen LogP contribution in [0.1, 0.15) is 12.5 Å². The van der Waals surface area contributed by atoms with Crippen molar-refractivity contribution in [1.82, 2.24) is 29.1 Å². The number of anilines is 1. The van der Waals surface area contributed by atoms with Gasteiger partial charge in [-0.15, -0.1) is 0 Å². The maximum absolute atomic E-state index is 14.8. The van der Waals surface area contributed by atoms with Crippen LogP contribution < -0.4 is 17.0 Å². The first kappa shape index (κ1) is 37.6. The summed E-state index contributed by atoms with van der Waals surface area (Å²) in [7, 11) is -10.6. The van der Waals surface area contributed by atoms with Gasteiger partial charge in [0.05, 0.1) is 19.5 Å². The first-order valence-electron chi connectivity index (χ1n) is 14.0. The predicted molar refractivity (Wildman–Crippen MR) is 154 cm³/mol. The molecule has 50 heavy (non-hydrogen) atoms. The largest absolute Gasteiger partial charge is 0.472 e. The van der Waals surface area contributed by atoms with Gasteiger partial charge in [-0.3, -0.25) is 37.0 Å². The second-order valence-corrected chi connectivity index (χ2v) is 13.5. The number of nitrogens with one attached hydrogen (secondary N) is 1. The first-order chi connectivity index (χ1) is 23.4. The molecule has 5 heterocycles. The lowest BCUT2D eigenvalue weighted by Crippen LogP contribution is -2.40. The molecule has 3 aromatic heterocycles. The van der Waals surface area contributed by atoms with E-state index in [9.17, 15) is 51.9 Å². The number of H-pyrrole nitrogens is 1. The van der Waals surface area contributed by atoms with Crippen molar-refractivity contribution < 1.29 is 69.9 Å². The number of aromatic nitrogens is 6. The Morgan fingerprint density at radius 1 is 1.00 bits per heavy atom. The van der Waals surface area contributed by atoms with E-state index in [0.29, 0.717) is 4.57 Å². The molecule has 0 bridgehead atoms. The molecule has 2 aliphatic heterocycles. The third kappa shape index (κ3) is 8.12. The quantitative estimate of drug-likeness (QED) is 0.0707. The third-order valence-electron chi connectivity index (χ3n) is 7.36. The van der Waals surface area contributed by atoms with E-state index >= 15 is 0 Å². The minimum absolute atomic E-state index is 0.127.